The Morgan fingerprint density at radius 1 is 0.909 bits per heavy atom. The Kier molecular flexibility index (Phi) is 11.5. The highest BCUT2D eigenvalue weighted by atomic mass is 35.5. The molecule has 1 fully saturated rings. The van der Waals surface area contributed by atoms with E-state index in [9.17, 15) is 18.0 Å². The molecule has 0 saturated heterocycles. The number of rotatable bonds is 12. The Labute approximate surface area is 267 Å². The van der Waals surface area contributed by atoms with Crippen molar-refractivity contribution < 1.29 is 18.0 Å². The van der Waals surface area contributed by atoms with Gasteiger partial charge >= 0.3 is 10.2 Å². The van der Waals surface area contributed by atoms with E-state index in [1.54, 1.807) is 24.3 Å². The molecule has 0 aromatic heterocycles. The summed E-state index contributed by atoms with van der Waals surface area (Å²) in [5.74, 6) is -0.735. The van der Waals surface area contributed by atoms with E-state index in [-0.39, 0.29) is 24.9 Å². The predicted molar refractivity (Wildman–Crippen MR) is 177 cm³/mol. The van der Waals surface area contributed by atoms with Crippen LogP contribution in [0.15, 0.2) is 72.8 Å². The normalized spacial score (nSPS) is 14.7. The summed E-state index contributed by atoms with van der Waals surface area (Å²) in [6.45, 7) is 3.30. The largest absolute Gasteiger partial charge is 0.352 e. The minimum Gasteiger partial charge on any atom is -0.352 e. The van der Waals surface area contributed by atoms with Gasteiger partial charge in [-0.05, 0) is 67.1 Å². The molecule has 4 rings (SSSR count). The van der Waals surface area contributed by atoms with Gasteiger partial charge < -0.3 is 10.2 Å². The maximum Gasteiger partial charge on any atom is 0.304 e. The number of hydrogen-bond donors (Lipinski definition) is 1. The van der Waals surface area contributed by atoms with E-state index in [1.165, 1.54) is 19.0 Å². The van der Waals surface area contributed by atoms with Gasteiger partial charge in [-0.2, -0.15) is 12.7 Å². The van der Waals surface area contributed by atoms with Crippen molar-refractivity contribution in [2.45, 2.75) is 71.0 Å². The van der Waals surface area contributed by atoms with Crippen molar-refractivity contribution in [1.29, 1.82) is 0 Å². The van der Waals surface area contributed by atoms with Crippen LogP contribution in [-0.2, 0) is 32.8 Å². The van der Waals surface area contributed by atoms with Crippen LogP contribution in [0, 0.1) is 13.8 Å². The molecule has 3 aromatic rings. The highest BCUT2D eigenvalue weighted by Gasteiger charge is 2.36. The molecule has 1 N–H and O–H groups in total. The zero-order valence-corrected chi connectivity index (χ0v) is 27.6. The number of amides is 2. The summed E-state index contributed by atoms with van der Waals surface area (Å²) in [6, 6.07) is 21.4. The number of anilines is 1. The molecule has 0 bridgehead atoms. The molecule has 44 heavy (non-hydrogen) atoms. The second-order valence-corrected chi connectivity index (χ2v) is 14.3. The summed E-state index contributed by atoms with van der Waals surface area (Å²) in [7, 11) is -1.19. The molecule has 8 nitrogen and oxygen atoms in total. The summed E-state index contributed by atoms with van der Waals surface area (Å²) >= 11 is 6.32. The maximum absolute atomic E-state index is 14.5. The highest BCUT2D eigenvalue weighted by molar-refractivity contribution is 7.90. The molecule has 0 unspecified atom stereocenters. The van der Waals surface area contributed by atoms with Crippen molar-refractivity contribution in [3.05, 3.63) is 100 Å². The number of nitrogens with zero attached hydrogens (tertiary/aromatic N) is 3. The smallest absolute Gasteiger partial charge is 0.304 e. The predicted octanol–water partition coefficient (Wildman–Crippen LogP) is 5.66. The lowest BCUT2D eigenvalue weighted by molar-refractivity contribution is -0.140. The molecular weight excluding hydrogens is 596 g/mol. The van der Waals surface area contributed by atoms with Crippen LogP contribution in [0.3, 0.4) is 0 Å². The van der Waals surface area contributed by atoms with Crippen LogP contribution in [0.4, 0.5) is 5.69 Å². The molecule has 1 saturated carbocycles. The van der Waals surface area contributed by atoms with Crippen molar-refractivity contribution in [1.82, 2.24) is 14.5 Å². The SMILES string of the molecule is Cc1ccc(C)c(N(CC(=O)N(Cc2cccc(Cl)c2)[C@H](Cc2ccccc2)C(=O)NC2CCCCC2)S(=O)(=O)N(C)C)c1. The summed E-state index contributed by atoms with van der Waals surface area (Å²) in [6.07, 6.45) is 5.31. The number of hydrogen-bond acceptors (Lipinski definition) is 4. The molecule has 0 spiro atoms. The van der Waals surface area contributed by atoms with Gasteiger partial charge in [0, 0.05) is 38.1 Å². The van der Waals surface area contributed by atoms with Gasteiger partial charge in [0.05, 0.1) is 5.69 Å². The van der Waals surface area contributed by atoms with E-state index in [0.717, 1.165) is 57.4 Å². The van der Waals surface area contributed by atoms with Gasteiger partial charge in [0.1, 0.15) is 12.6 Å². The van der Waals surface area contributed by atoms with Gasteiger partial charge in [0.15, 0.2) is 0 Å². The molecule has 0 heterocycles. The number of carbonyl (C=O) groups is 2. The fraction of sp³-hybridized carbons (Fsp3) is 0.412. The van der Waals surface area contributed by atoms with Crippen LogP contribution in [0.1, 0.15) is 54.4 Å². The maximum atomic E-state index is 14.5. The third-order valence-electron chi connectivity index (χ3n) is 8.12. The average Bonchev–Trinajstić information content (AvgIpc) is 2.99. The summed E-state index contributed by atoms with van der Waals surface area (Å²) < 4.78 is 29.6. The molecule has 10 heteroatoms. The van der Waals surface area contributed by atoms with Crippen LogP contribution in [0.5, 0.6) is 0 Å². The van der Waals surface area contributed by atoms with Crippen molar-refractivity contribution in [2.75, 3.05) is 24.9 Å². The van der Waals surface area contributed by atoms with Crippen molar-refractivity contribution >= 4 is 39.3 Å². The van der Waals surface area contributed by atoms with Crippen LogP contribution in [-0.4, -0.2) is 62.2 Å². The fourth-order valence-electron chi connectivity index (χ4n) is 5.62. The quantitative estimate of drug-likeness (QED) is 0.277. The van der Waals surface area contributed by atoms with Gasteiger partial charge in [-0.1, -0.05) is 85.5 Å². The van der Waals surface area contributed by atoms with Gasteiger partial charge in [0.2, 0.25) is 11.8 Å². The number of carbonyl (C=O) groups excluding carboxylic acids is 2. The van der Waals surface area contributed by atoms with Gasteiger partial charge in [-0.3, -0.25) is 9.59 Å². The number of aryl methyl sites for hydroxylation is 2. The molecule has 3 aromatic carbocycles. The standard InChI is InChI=1S/C34H43ClN4O4S/c1-25-18-19-26(2)31(20-25)39(44(42,43)37(3)4)24-33(40)38(23-28-14-11-15-29(35)21-28)32(22-27-12-7-5-8-13-27)34(41)36-30-16-9-6-10-17-30/h5,7-8,11-15,18-21,30,32H,6,9-10,16-17,22-24H2,1-4H3,(H,36,41)/t32-/m1/s1. The Morgan fingerprint density at radius 3 is 2.25 bits per heavy atom. The van der Waals surface area contributed by atoms with Crippen LogP contribution < -0.4 is 9.62 Å². The lowest BCUT2D eigenvalue weighted by Gasteiger charge is -2.36. The third-order valence-corrected chi connectivity index (χ3v) is 10.2. The number of halogens is 1. The molecule has 2 amide bonds. The van der Waals surface area contributed by atoms with Gasteiger partial charge in [0.25, 0.3) is 0 Å². The van der Waals surface area contributed by atoms with E-state index >= 15 is 0 Å². The van der Waals surface area contributed by atoms with E-state index in [2.05, 4.69) is 5.32 Å². The Balaban J connectivity index is 1.78. The van der Waals surface area contributed by atoms with Crippen molar-refractivity contribution in [2.24, 2.45) is 0 Å². The first-order valence-electron chi connectivity index (χ1n) is 15.1. The average molecular weight is 639 g/mol. The van der Waals surface area contributed by atoms with Gasteiger partial charge in [-0.15, -0.1) is 0 Å². The lowest BCUT2D eigenvalue weighted by Crippen LogP contribution is -2.55. The van der Waals surface area contributed by atoms with E-state index < -0.39 is 28.7 Å². The summed E-state index contributed by atoms with van der Waals surface area (Å²) in [5.41, 5.74) is 3.63. The molecular formula is C34H43ClN4O4S. The molecule has 236 valence electrons. The second kappa shape index (κ2) is 15.1. The lowest BCUT2D eigenvalue weighted by atomic mass is 9.94. The summed E-state index contributed by atoms with van der Waals surface area (Å²) in [4.78, 5) is 30.1. The monoisotopic (exact) mass is 638 g/mol. The van der Waals surface area contributed by atoms with Crippen molar-refractivity contribution in [3.8, 4) is 0 Å². The highest BCUT2D eigenvalue weighted by Crippen LogP contribution is 2.27. The topological polar surface area (TPSA) is 90.0 Å². The van der Waals surface area contributed by atoms with E-state index in [0.29, 0.717) is 16.3 Å². The van der Waals surface area contributed by atoms with Crippen molar-refractivity contribution in [3.63, 3.8) is 0 Å². The first-order valence-corrected chi connectivity index (χ1v) is 16.9. The Hall–Kier alpha value is -3.40. The summed E-state index contributed by atoms with van der Waals surface area (Å²) in [5, 5.41) is 3.73. The first kappa shape index (κ1) is 33.5. The Bertz CT molecular complexity index is 1540. The minimum atomic E-state index is -4.07. The third kappa shape index (κ3) is 8.61. The first-order chi connectivity index (χ1) is 21.0. The number of benzene rings is 3. The minimum absolute atomic E-state index is 0.0400. The van der Waals surface area contributed by atoms with Gasteiger partial charge in [-0.25, -0.2) is 4.31 Å². The van der Waals surface area contributed by atoms with Crippen LogP contribution in [0.2, 0.25) is 5.02 Å². The van der Waals surface area contributed by atoms with E-state index in [4.69, 9.17) is 11.6 Å². The number of nitrogens with one attached hydrogen (secondary N) is 1. The van der Waals surface area contributed by atoms with Crippen LogP contribution >= 0.6 is 11.6 Å². The molecule has 1 atom stereocenters. The zero-order chi connectivity index (χ0) is 31.9. The Morgan fingerprint density at radius 2 is 1.59 bits per heavy atom. The fourth-order valence-corrected chi connectivity index (χ4v) is 6.95. The second-order valence-electron chi connectivity index (χ2n) is 11.8. The zero-order valence-electron chi connectivity index (χ0n) is 26.0. The molecule has 0 aliphatic heterocycles. The van der Waals surface area contributed by atoms with Crippen LogP contribution in [0.25, 0.3) is 0 Å². The molecule has 0 radical (unpaired) electrons. The molecule has 1 aliphatic carbocycles. The van der Waals surface area contributed by atoms with E-state index in [1.807, 2.05) is 62.4 Å². The molecule has 1 aliphatic rings.